The second kappa shape index (κ2) is 7.81. The topological polar surface area (TPSA) is 80.4 Å². The molecule has 3 atom stereocenters. The summed E-state index contributed by atoms with van der Waals surface area (Å²) in [5, 5.41) is 21.7. The van der Waals surface area contributed by atoms with E-state index < -0.39 is 23.2 Å². The van der Waals surface area contributed by atoms with Crippen LogP contribution in [0.2, 0.25) is 0 Å². The van der Waals surface area contributed by atoms with Crippen molar-refractivity contribution in [3.05, 3.63) is 63.5 Å². The van der Waals surface area contributed by atoms with Gasteiger partial charge in [-0.3, -0.25) is 14.9 Å². The second-order valence-electron chi connectivity index (χ2n) is 6.74. The average molecular weight is 361 g/mol. The highest BCUT2D eigenvalue weighted by Gasteiger charge is 2.52. The van der Waals surface area contributed by atoms with Crippen molar-refractivity contribution in [2.75, 3.05) is 0 Å². The number of nitro groups is 1. The van der Waals surface area contributed by atoms with E-state index in [2.05, 4.69) is 0 Å². The fourth-order valence-corrected chi connectivity index (χ4v) is 3.85. The van der Waals surface area contributed by atoms with Crippen LogP contribution in [-0.4, -0.2) is 21.5 Å². The molecule has 1 aromatic carbocycles. The van der Waals surface area contributed by atoms with E-state index in [4.69, 9.17) is 0 Å². The molecule has 0 spiro atoms. The van der Waals surface area contributed by atoms with Gasteiger partial charge in [0.1, 0.15) is 5.82 Å². The van der Waals surface area contributed by atoms with Gasteiger partial charge in [0.05, 0.1) is 5.92 Å². The van der Waals surface area contributed by atoms with Gasteiger partial charge in [-0.25, -0.2) is 4.39 Å². The smallest absolute Gasteiger partial charge is 0.314 e. The van der Waals surface area contributed by atoms with E-state index in [1.54, 1.807) is 6.92 Å². The first-order valence-corrected chi connectivity index (χ1v) is 8.83. The van der Waals surface area contributed by atoms with E-state index in [1.165, 1.54) is 36.4 Å². The molecule has 26 heavy (non-hydrogen) atoms. The minimum atomic E-state index is -1.51. The van der Waals surface area contributed by atoms with E-state index in [9.17, 15) is 24.4 Å². The molecule has 6 heteroatoms. The molecule has 140 valence electrons. The van der Waals surface area contributed by atoms with Crippen LogP contribution in [0.15, 0.2) is 36.4 Å². The summed E-state index contributed by atoms with van der Waals surface area (Å²) in [6, 6.07) is 4.07. The molecule has 1 N–H and O–H groups in total. The van der Waals surface area contributed by atoms with Gasteiger partial charge in [-0.15, -0.1) is 0 Å². The molecule has 3 unspecified atom stereocenters. The lowest BCUT2D eigenvalue weighted by molar-refractivity contribution is -0.547. The van der Waals surface area contributed by atoms with Gasteiger partial charge in [-0.2, -0.15) is 0 Å². The molecule has 0 amide bonds. The van der Waals surface area contributed by atoms with Crippen LogP contribution in [0.25, 0.3) is 5.57 Å². The molecule has 0 aliphatic heterocycles. The van der Waals surface area contributed by atoms with Crippen LogP contribution in [0.1, 0.15) is 44.2 Å². The molecule has 0 heterocycles. The van der Waals surface area contributed by atoms with Crippen LogP contribution in [0.4, 0.5) is 4.39 Å². The van der Waals surface area contributed by atoms with E-state index in [0.29, 0.717) is 29.5 Å². The lowest BCUT2D eigenvalue weighted by atomic mass is 9.68. The van der Waals surface area contributed by atoms with Crippen molar-refractivity contribution in [3.63, 3.8) is 0 Å². The Bertz CT molecular complexity index is 771. The van der Waals surface area contributed by atoms with Gasteiger partial charge in [-0.05, 0) is 49.1 Å². The summed E-state index contributed by atoms with van der Waals surface area (Å²) in [5.74, 6) is -2.73. The lowest BCUT2D eigenvalue weighted by Crippen LogP contribution is -2.47. The number of nitrogens with zero attached hydrogens (tertiary/aromatic N) is 1. The summed E-state index contributed by atoms with van der Waals surface area (Å²) < 4.78 is 13.6. The van der Waals surface area contributed by atoms with Crippen molar-refractivity contribution >= 4 is 11.5 Å². The number of carboxylic acid groups (broad SMARTS) is 1. The number of rotatable bonds is 7. The van der Waals surface area contributed by atoms with Crippen molar-refractivity contribution in [1.82, 2.24) is 0 Å². The molecule has 0 fully saturated rings. The van der Waals surface area contributed by atoms with Crippen molar-refractivity contribution in [1.29, 1.82) is 0 Å². The molecule has 0 saturated heterocycles. The highest BCUT2D eigenvalue weighted by Crippen LogP contribution is 2.45. The van der Waals surface area contributed by atoms with Gasteiger partial charge in [0.15, 0.2) is 0 Å². The molecular formula is C20H24FNO4. The largest absolute Gasteiger partial charge is 0.481 e. The number of aliphatic carboxylic acids is 1. The first-order chi connectivity index (χ1) is 12.3. The Balaban J connectivity index is 2.75. The molecule has 0 radical (unpaired) electrons. The van der Waals surface area contributed by atoms with E-state index in [0.717, 1.165) is 6.42 Å². The maximum Gasteiger partial charge on any atom is 0.314 e. The molecule has 0 saturated carbocycles. The minimum absolute atomic E-state index is 0.288. The number of benzene rings is 1. The molecule has 5 nitrogen and oxygen atoms in total. The summed E-state index contributed by atoms with van der Waals surface area (Å²) >= 11 is 0. The van der Waals surface area contributed by atoms with Gasteiger partial charge in [0.2, 0.25) is 0 Å². The van der Waals surface area contributed by atoms with Gasteiger partial charge < -0.3 is 5.11 Å². The lowest BCUT2D eigenvalue weighted by Gasteiger charge is -2.35. The van der Waals surface area contributed by atoms with Crippen LogP contribution in [0, 0.1) is 34.7 Å². The van der Waals surface area contributed by atoms with Crippen LogP contribution in [0.5, 0.6) is 0 Å². The molecule has 2 rings (SSSR count). The van der Waals surface area contributed by atoms with Crippen molar-refractivity contribution in [2.24, 2.45) is 11.8 Å². The van der Waals surface area contributed by atoms with Gasteiger partial charge in [0, 0.05) is 16.4 Å². The molecule has 1 aliphatic rings. The monoisotopic (exact) mass is 361 g/mol. The van der Waals surface area contributed by atoms with Gasteiger partial charge >= 0.3 is 5.97 Å². The number of carboxylic acids is 1. The van der Waals surface area contributed by atoms with Crippen molar-refractivity contribution < 1.29 is 19.2 Å². The Hall–Kier alpha value is -2.50. The summed E-state index contributed by atoms with van der Waals surface area (Å²) in [4.78, 5) is 23.5. The SMILES string of the molecule is CCCC(CC)C1([N+](=O)[O-])C=CC(C(=O)O)C=C1c1ccc(F)cc1C. The molecule has 0 bridgehead atoms. The van der Waals surface area contributed by atoms with E-state index in [1.807, 2.05) is 13.8 Å². The third-order valence-electron chi connectivity index (χ3n) is 5.15. The molecule has 1 aromatic rings. The predicted molar refractivity (Wildman–Crippen MR) is 97.8 cm³/mol. The fraction of sp³-hybridized carbons (Fsp3) is 0.450. The van der Waals surface area contributed by atoms with E-state index >= 15 is 0 Å². The van der Waals surface area contributed by atoms with Gasteiger partial charge in [0.25, 0.3) is 5.54 Å². The Labute approximate surface area is 152 Å². The van der Waals surface area contributed by atoms with Crippen LogP contribution < -0.4 is 0 Å². The van der Waals surface area contributed by atoms with E-state index in [-0.39, 0.29) is 10.8 Å². The normalized spacial score (nSPS) is 23.4. The summed E-state index contributed by atoms with van der Waals surface area (Å²) in [6.45, 7) is 5.55. The number of aryl methyl sites for hydroxylation is 1. The fourth-order valence-electron chi connectivity index (χ4n) is 3.85. The number of halogens is 1. The highest BCUT2D eigenvalue weighted by molar-refractivity contribution is 5.85. The average Bonchev–Trinajstić information content (AvgIpc) is 2.59. The Morgan fingerprint density at radius 1 is 1.42 bits per heavy atom. The first-order valence-electron chi connectivity index (χ1n) is 8.83. The minimum Gasteiger partial charge on any atom is -0.481 e. The molecule has 1 aliphatic carbocycles. The summed E-state index contributed by atoms with van der Waals surface area (Å²) in [6.07, 6.45) is 6.27. The number of hydrogen-bond donors (Lipinski definition) is 1. The standard InChI is InChI=1S/C20H24FNO4/c1-4-6-15(5-2)20(22(25)26)10-9-14(19(23)24)12-18(20)17-8-7-16(21)11-13(17)3/h7-12,14-15H,4-6H2,1-3H3,(H,23,24). The third kappa shape index (κ3) is 3.41. The van der Waals surface area contributed by atoms with Crippen molar-refractivity contribution in [3.8, 4) is 0 Å². The van der Waals surface area contributed by atoms with Crippen molar-refractivity contribution in [2.45, 2.75) is 45.6 Å². The zero-order valence-electron chi connectivity index (χ0n) is 15.2. The second-order valence-corrected chi connectivity index (χ2v) is 6.74. The molecule has 0 aromatic heterocycles. The summed E-state index contributed by atoms with van der Waals surface area (Å²) in [5.41, 5.74) is -0.101. The predicted octanol–water partition coefficient (Wildman–Crippen LogP) is 4.63. The maximum atomic E-state index is 13.6. The quantitative estimate of drug-likeness (QED) is 0.436. The Kier molecular flexibility index (Phi) is 5.95. The van der Waals surface area contributed by atoms with Crippen LogP contribution in [-0.2, 0) is 4.79 Å². The highest BCUT2D eigenvalue weighted by atomic mass is 19.1. The Morgan fingerprint density at radius 3 is 2.62 bits per heavy atom. The zero-order chi connectivity index (χ0) is 19.5. The van der Waals surface area contributed by atoms with Crippen LogP contribution in [0.3, 0.4) is 0 Å². The van der Waals surface area contributed by atoms with Gasteiger partial charge in [-0.1, -0.05) is 38.5 Å². The molecular weight excluding hydrogens is 337 g/mol. The number of hydrogen-bond acceptors (Lipinski definition) is 3. The first kappa shape index (κ1) is 19.8. The maximum absolute atomic E-state index is 13.6. The van der Waals surface area contributed by atoms with Crippen LogP contribution >= 0.6 is 0 Å². The zero-order valence-corrected chi connectivity index (χ0v) is 15.2. The summed E-state index contributed by atoms with van der Waals surface area (Å²) in [7, 11) is 0. The number of carbonyl (C=O) groups is 1. The third-order valence-corrected chi connectivity index (χ3v) is 5.15. The Morgan fingerprint density at radius 2 is 2.12 bits per heavy atom.